The first kappa shape index (κ1) is 15.4. The van der Waals surface area contributed by atoms with Gasteiger partial charge in [-0.25, -0.2) is 4.68 Å². The molecule has 0 fully saturated rings. The minimum absolute atomic E-state index is 0.231. The second-order valence-electron chi connectivity index (χ2n) is 4.78. The van der Waals surface area contributed by atoms with Crippen LogP contribution in [0.2, 0.25) is 0 Å². The molecule has 3 aromatic rings. The number of nitrogens with one attached hydrogen (secondary N) is 1. The Morgan fingerprint density at radius 2 is 2.04 bits per heavy atom. The van der Waals surface area contributed by atoms with E-state index in [2.05, 4.69) is 26.3 Å². The number of methoxy groups -OCH3 is 1. The van der Waals surface area contributed by atoms with Crippen molar-refractivity contribution in [3.63, 3.8) is 0 Å². The number of hydrogen-bond acceptors (Lipinski definition) is 4. The largest absolute Gasteiger partial charge is 0.497 e. The minimum atomic E-state index is -0.327. The van der Waals surface area contributed by atoms with Gasteiger partial charge in [-0.3, -0.25) is 4.79 Å². The van der Waals surface area contributed by atoms with Crippen LogP contribution in [0.4, 0.5) is 5.82 Å². The predicted molar refractivity (Wildman–Crippen MR) is 88.7 cm³/mol. The highest BCUT2D eigenvalue weighted by Gasteiger charge is 2.13. The molecule has 1 aromatic carbocycles. The maximum Gasteiger partial charge on any atom is 0.292 e. The van der Waals surface area contributed by atoms with Crippen molar-refractivity contribution in [2.75, 3.05) is 12.4 Å². The molecule has 2 heterocycles. The summed E-state index contributed by atoms with van der Waals surface area (Å²) in [6.07, 6.45) is 1.64. The molecule has 0 saturated heterocycles. The molecule has 1 N–H and O–H groups in total. The van der Waals surface area contributed by atoms with Crippen molar-refractivity contribution in [3.05, 3.63) is 64.7 Å². The van der Waals surface area contributed by atoms with E-state index in [0.717, 1.165) is 11.3 Å². The van der Waals surface area contributed by atoms with Crippen LogP contribution in [0.1, 0.15) is 16.1 Å². The van der Waals surface area contributed by atoms with Gasteiger partial charge in [0, 0.05) is 6.07 Å². The normalized spacial score (nSPS) is 10.5. The first-order chi connectivity index (χ1) is 11.2. The van der Waals surface area contributed by atoms with Gasteiger partial charge in [-0.1, -0.05) is 12.1 Å². The molecule has 0 aliphatic carbocycles. The molecule has 0 radical (unpaired) electrons. The second-order valence-corrected chi connectivity index (χ2v) is 5.56. The molecule has 0 saturated carbocycles. The summed E-state index contributed by atoms with van der Waals surface area (Å²) >= 11 is 3.17. The highest BCUT2D eigenvalue weighted by molar-refractivity contribution is 9.10. The molecule has 1 amide bonds. The van der Waals surface area contributed by atoms with Crippen molar-refractivity contribution in [1.82, 2.24) is 9.78 Å². The summed E-state index contributed by atoms with van der Waals surface area (Å²) in [7, 11) is 1.63. The molecule has 3 rings (SSSR count). The molecule has 118 valence electrons. The quantitative estimate of drug-likeness (QED) is 0.740. The van der Waals surface area contributed by atoms with Crippen LogP contribution in [0, 0.1) is 0 Å². The van der Waals surface area contributed by atoms with Gasteiger partial charge >= 0.3 is 0 Å². The zero-order valence-corrected chi connectivity index (χ0v) is 13.9. The summed E-state index contributed by atoms with van der Waals surface area (Å²) in [6, 6.07) is 12.7. The predicted octanol–water partition coefficient (Wildman–Crippen LogP) is 3.55. The van der Waals surface area contributed by atoms with Crippen molar-refractivity contribution < 1.29 is 13.9 Å². The number of carbonyl (C=O) groups is 1. The number of halogens is 1. The van der Waals surface area contributed by atoms with Crippen molar-refractivity contribution in [2.45, 2.75) is 6.54 Å². The van der Waals surface area contributed by atoms with E-state index in [4.69, 9.17) is 9.15 Å². The minimum Gasteiger partial charge on any atom is -0.497 e. The average molecular weight is 376 g/mol. The number of furan rings is 1. The Balaban J connectivity index is 1.72. The lowest BCUT2D eigenvalue weighted by Crippen LogP contribution is -2.15. The Hall–Kier alpha value is -2.54. The van der Waals surface area contributed by atoms with Crippen LogP contribution in [0.25, 0.3) is 0 Å². The number of hydrogen-bond donors (Lipinski definition) is 1. The van der Waals surface area contributed by atoms with Gasteiger partial charge in [-0.05, 0) is 45.8 Å². The molecular weight excluding hydrogens is 362 g/mol. The smallest absolute Gasteiger partial charge is 0.292 e. The van der Waals surface area contributed by atoms with Gasteiger partial charge in [-0.15, -0.1) is 0 Å². The SMILES string of the molecule is COc1ccc(Cn2nccc2NC(=O)c2ccc(Br)o2)cc1. The molecule has 0 aliphatic rings. The van der Waals surface area contributed by atoms with Crippen LogP contribution in [-0.4, -0.2) is 22.8 Å². The fourth-order valence-electron chi connectivity index (χ4n) is 2.08. The van der Waals surface area contributed by atoms with Gasteiger partial charge in [0.05, 0.1) is 19.9 Å². The molecule has 23 heavy (non-hydrogen) atoms. The average Bonchev–Trinajstić information content (AvgIpc) is 3.17. The van der Waals surface area contributed by atoms with Gasteiger partial charge in [0.2, 0.25) is 0 Å². The fraction of sp³-hybridized carbons (Fsp3) is 0.125. The highest BCUT2D eigenvalue weighted by Crippen LogP contribution is 2.17. The van der Waals surface area contributed by atoms with Crippen molar-refractivity contribution >= 4 is 27.7 Å². The standard InChI is InChI=1S/C16H14BrN3O3/c1-22-12-4-2-11(3-5-12)10-20-15(8-9-18-20)19-16(21)13-6-7-14(17)23-13/h2-9H,10H2,1H3,(H,19,21). The molecule has 0 unspecified atom stereocenters. The third-order valence-corrected chi connectivity index (χ3v) is 3.67. The highest BCUT2D eigenvalue weighted by atomic mass is 79.9. The summed E-state index contributed by atoms with van der Waals surface area (Å²) in [6.45, 7) is 0.536. The van der Waals surface area contributed by atoms with Crippen LogP contribution in [0.3, 0.4) is 0 Å². The van der Waals surface area contributed by atoms with E-state index in [1.807, 2.05) is 24.3 Å². The Labute approximate surface area is 141 Å². The van der Waals surface area contributed by atoms with E-state index < -0.39 is 0 Å². The monoisotopic (exact) mass is 375 g/mol. The second kappa shape index (κ2) is 6.70. The van der Waals surface area contributed by atoms with E-state index in [-0.39, 0.29) is 11.7 Å². The van der Waals surface area contributed by atoms with Crippen molar-refractivity contribution in [3.8, 4) is 5.75 Å². The summed E-state index contributed by atoms with van der Waals surface area (Å²) in [5, 5.41) is 7.02. The van der Waals surface area contributed by atoms with Gasteiger partial charge in [0.1, 0.15) is 11.6 Å². The number of amides is 1. The maximum atomic E-state index is 12.1. The summed E-state index contributed by atoms with van der Waals surface area (Å²) in [4.78, 5) is 12.1. The van der Waals surface area contributed by atoms with Crippen LogP contribution in [0.15, 0.2) is 57.7 Å². The molecule has 2 aromatic heterocycles. The van der Waals surface area contributed by atoms with Crippen molar-refractivity contribution in [1.29, 1.82) is 0 Å². The number of rotatable bonds is 5. The van der Waals surface area contributed by atoms with Crippen molar-refractivity contribution in [2.24, 2.45) is 0 Å². The number of nitrogens with zero attached hydrogens (tertiary/aromatic N) is 2. The lowest BCUT2D eigenvalue weighted by Gasteiger charge is -2.09. The van der Waals surface area contributed by atoms with E-state index in [9.17, 15) is 4.79 Å². The van der Waals surface area contributed by atoms with Gasteiger partial charge in [0.25, 0.3) is 5.91 Å². The van der Waals surface area contributed by atoms with E-state index in [1.54, 1.807) is 36.2 Å². The van der Waals surface area contributed by atoms with Crippen LogP contribution >= 0.6 is 15.9 Å². The number of ether oxygens (including phenoxy) is 1. The number of aromatic nitrogens is 2. The van der Waals surface area contributed by atoms with E-state index in [1.165, 1.54) is 0 Å². The Kier molecular flexibility index (Phi) is 4.47. The number of anilines is 1. The van der Waals surface area contributed by atoms with Gasteiger partial charge in [-0.2, -0.15) is 5.10 Å². The third kappa shape index (κ3) is 3.62. The molecule has 0 aliphatic heterocycles. The number of benzene rings is 1. The van der Waals surface area contributed by atoms with Gasteiger partial charge in [0.15, 0.2) is 10.4 Å². The van der Waals surface area contributed by atoms with Gasteiger partial charge < -0.3 is 14.5 Å². The lowest BCUT2D eigenvalue weighted by atomic mass is 10.2. The topological polar surface area (TPSA) is 69.3 Å². The zero-order chi connectivity index (χ0) is 16.2. The van der Waals surface area contributed by atoms with E-state index >= 15 is 0 Å². The molecule has 0 atom stereocenters. The molecule has 6 nitrogen and oxygen atoms in total. The summed E-state index contributed by atoms with van der Waals surface area (Å²) in [5.41, 5.74) is 1.05. The summed E-state index contributed by atoms with van der Waals surface area (Å²) in [5.74, 6) is 1.30. The van der Waals surface area contributed by atoms with E-state index in [0.29, 0.717) is 17.0 Å². The van der Waals surface area contributed by atoms with Crippen LogP contribution in [-0.2, 0) is 6.54 Å². The molecule has 0 spiro atoms. The zero-order valence-electron chi connectivity index (χ0n) is 12.3. The Bertz CT molecular complexity index is 808. The third-order valence-electron chi connectivity index (χ3n) is 3.25. The fourth-order valence-corrected chi connectivity index (χ4v) is 2.39. The first-order valence-electron chi connectivity index (χ1n) is 6.87. The number of carbonyl (C=O) groups excluding carboxylic acids is 1. The molecular formula is C16H14BrN3O3. The Morgan fingerprint density at radius 3 is 2.70 bits per heavy atom. The molecule has 0 bridgehead atoms. The molecule has 7 heteroatoms. The summed E-state index contributed by atoms with van der Waals surface area (Å²) < 4.78 is 12.6. The Morgan fingerprint density at radius 1 is 1.26 bits per heavy atom. The maximum absolute atomic E-state index is 12.1. The van der Waals surface area contributed by atoms with Crippen LogP contribution < -0.4 is 10.1 Å². The first-order valence-corrected chi connectivity index (χ1v) is 7.66. The van der Waals surface area contributed by atoms with Crippen LogP contribution in [0.5, 0.6) is 5.75 Å². The lowest BCUT2D eigenvalue weighted by molar-refractivity contribution is 0.0994.